The second kappa shape index (κ2) is 7.68. The summed E-state index contributed by atoms with van der Waals surface area (Å²) in [4.78, 5) is 9.37. The molecule has 2 saturated heterocycles. The first kappa shape index (κ1) is 17.4. The van der Waals surface area contributed by atoms with Crippen LogP contribution in [-0.4, -0.2) is 59.5 Å². The van der Waals surface area contributed by atoms with E-state index in [0.29, 0.717) is 0 Å². The van der Waals surface area contributed by atoms with Gasteiger partial charge in [0.1, 0.15) is 0 Å². The van der Waals surface area contributed by atoms with Gasteiger partial charge < -0.3 is 9.64 Å². The summed E-state index contributed by atoms with van der Waals surface area (Å²) in [6.45, 7) is 8.49. The number of anilines is 1. The van der Waals surface area contributed by atoms with Crippen molar-refractivity contribution in [3.63, 3.8) is 0 Å². The number of nitrogens with zero attached hydrogens (tertiary/aromatic N) is 5. The fraction of sp³-hybridized carbons (Fsp3) is 0.550. The van der Waals surface area contributed by atoms with Crippen molar-refractivity contribution in [2.45, 2.75) is 26.3 Å². The summed E-state index contributed by atoms with van der Waals surface area (Å²) >= 11 is 0. The molecule has 0 radical (unpaired) electrons. The Kier molecular flexibility index (Phi) is 5.13. The van der Waals surface area contributed by atoms with Gasteiger partial charge in [-0.15, -0.1) is 5.10 Å². The molecule has 4 rings (SSSR count). The molecule has 0 aliphatic carbocycles. The van der Waals surface area contributed by atoms with Gasteiger partial charge in [0.15, 0.2) is 5.82 Å². The van der Waals surface area contributed by atoms with Gasteiger partial charge in [0.25, 0.3) is 0 Å². The highest BCUT2D eigenvalue weighted by atomic mass is 16.5. The molecule has 0 N–H and O–H groups in total. The molecule has 6 heteroatoms. The number of ether oxygens (including phenoxy) is 1. The largest absolute Gasteiger partial charge is 0.379 e. The van der Waals surface area contributed by atoms with Gasteiger partial charge in [-0.25, -0.2) is 0 Å². The van der Waals surface area contributed by atoms with Crippen molar-refractivity contribution in [3.8, 4) is 0 Å². The van der Waals surface area contributed by atoms with E-state index in [0.717, 1.165) is 69.6 Å². The zero-order chi connectivity index (χ0) is 17.8. The van der Waals surface area contributed by atoms with Crippen molar-refractivity contribution in [2.24, 2.45) is 5.41 Å². The molecule has 0 amide bonds. The van der Waals surface area contributed by atoms with Gasteiger partial charge in [-0.05, 0) is 44.0 Å². The molecule has 0 saturated carbocycles. The Bertz CT molecular complexity index is 708. The van der Waals surface area contributed by atoms with Crippen molar-refractivity contribution in [1.29, 1.82) is 0 Å². The number of pyridine rings is 1. The quantitative estimate of drug-likeness (QED) is 0.844. The molecular formula is C20H27N5O. The zero-order valence-corrected chi connectivity index (χ0v) is 15.5. The first-order valence-electron chi connectivity index (χ1n) is 9.48. The second-order valence-corrected chi connectivity index (χ2v) is 7.64. The average Bonchev–Trinajstić information content (AvgIpc) is 2.85. The molecule has 26 heavy (non-hydrogen) atoms. The number of rotatable bonds is 3. The fourth-order valence-corrected chi connectivity index (χ4v) is 4.15. The molecule has 1 atom stereocenters. The summed E-state index contributed by atoms with van der Waals surface area (Å²) in [5.74, 6) is 0.982. The van der Waals surface area contributed by atoms with E-state index in [-0.39, 0.29) is 5.41 Å². The van der Waals surface area contributed by atoms with E-state index >= 15 is 0 Å². The lowest BCUT2D eigenvalue weighted by Gasteiger charge is -2.44. The number of aromatic nitrogens is 3. The number of aryl methyl sites for hydroxylation is 1. The molecule has 2 aromatic heterocycles. The number of piperidine rings is 1. The van der Waals surface area contributed by atoms with Crippen LogP contribution in [0.25, 0.3) is 0 Å². The highest BCUT2D eigenvalue weighted by molar-refractivity contribution is 5.38. The standard InChI is InChI=1S/C20H27N5O/c1-17-6-7-19(23-22-17)25-10-4-8-20(15-25)14-24(11-12-26-16-20)13-18-5-2-3-9-21-18/h2-3,5-7,9H,4,8,10-16H2,1H3/t20-/m1/s1. The van der Waals surface area contributed by atoms with Crippen LogP contribution in [0.4, 0.5) is 5.82 Å². The van der Waals surface area contributed by atoms with Gasteiger partial charge in [0.2, 0.25) is 0 Å². The van der Waals surface area contributed by atoms with E-state index in [1.165, 1.54) is 6.42 Å². The van der Waals surface area contributed by atoms with Crippen molar-refractivity contribution < 1.29 is 4.74 Å². The Hall–Kier alpha value is -2.05. The summed E-state index contributed by atoms with van der Waals surface area (Å²) in [5, 5.41) is 8.64. The maximum atomic E-state index is 6.03. The van der Waals surface area contributed by atoms with E-state index in [4.69, 9.17) is 4.74 Å². The SMILES string of the molecule is Cc1ccc(N2CCC[C@]3(COCCN(Cc4ccccn4)C3)C2)nn1. The summed E-state index contributed by atoms with van der Waals surface area (Å²) in [6.07, 6.45) is 4.23. The molecule has 4 heterocycles. The first-order chi connectivity index (χ1) is 12.7. The molecule has 138 valence electrons. The minimum absolute atomic E-state index is 0.149. The molecule has 0 bridgehead atoms. The van der Waals surface area contributed by atoms with Gasteiger partial charge in [-0.1, -0.05) is 6.07 Å². The number of hydrogen-bond donors (Lipinski definition) is 0. The van der Waals surface area contributed by atoms with Crippen molar-refractivity contribution >= 4 is 5.82 Å². The maximum absolute atomic E-state index is 6.03. The first-order valence-corrected chi connectivity index (χ1v) is 9.48. The Balaban J connectivity index is 1.49. The van der Waals surface area contributed by atoms with Crippen LogP contribution in [0, 0.1) is 12.3 Å². The lowest BCUT2D eigenvalue weighted by Crippen LogP contribution is -2.50. The molecule has 2 aliphatic heterocycles. The Morgan fingerprint density at radius 3 is 2.88 bits per heavy atom. The van der Waals surface area contributed by atoms with Gasteiger partial charge in [0.05, 0.1) is 24.6 Å². The van der Waals surface area contributed by atoms with Crippen LogP contribution in [0.15, 0.2) is 36.5 Å². The molecule has 2 aromatic rings. The maximum Gasteiger partial charge on any atom is 0.151 e. The Morgan fingerprint density at radius 1 is 1.12 bits per heavy atom. The van der Waals surface area contributed by atoms with Crippen LogP contribution in [0.2, 0.25) is 0 Å². The van der Waals surface area contributed by atoms with Gasteiger partial charge >= 0.3 is 0 Å². The minimum atomic E-state index is 0.149. The van der Waals surface area contributed by atoms with Crippen LogP contribution in [0.3, 0.4) is 0 Å². The van der Waals surface area contributed by atoms with Crippen LogP contribution in [0.1, 0.15) is 24.2 Å². The smallest absolute Gasteiger partial charge is 0.151 e. The average molecular weight is 353 g/mol. The lowest BCUT2D eigenvalue weighted by molar-refractivity contribution is 0.0555. The summed E-state index contributed by atoms with van der Waals surface area (Å²) in [7, 11) is 0. The summed E-state index contributed by atoms with van der Waals surface area (Å²) in [5.41, 5.74) is 2.23. The van der Waals surface area contributed by atoms with E-state index in [2.05, 4.69) is 43.2 Å². The van der Waals surface area contributed by atoms with E-state index < -0.39 is 0 Å². The third kappa shape index (κ3) is 4.02. The topological polar surface area (TPSA) is 54.4 Å². The van der Waals surface area contributed by atoms with Gasteiger partial charge in [0, 0.05) is 44.3 Å². The van der Waals surface area contributed by atoms with Gasteiger partial charge in [-0.3, -0.25) is 9.88 Å². The predicted molar refractivity (Wildman–Crippen MR) is 101 cm³/mol. The van der Waals surface area contributed by atoms with Gasteiger partial charge in [-0.2, -0.15) is 5.10 Å². The fourth-order valence-electron chi connectivity index (χ4n) is 4.15. The summed E-state index contributed by atoms with van der Waals surface area (Å²) in [6, 6.07) is 10.3. The van der Waals surface area contributed by atoms with Crippen molar-refractivity contribution in [2.75, 3.05) is 44.3 Å². The lowest BCUT2D eigenvalue weighted by atomic mass is 9.80. The van der Waals surface area contributed by atoms with Crippen LogP contribution >= 0.6 is 0 Å². The molecule has 2 fully saturated rings. The zero-order valence-electron chi connectivity index (χ0n) is 15.5. The van der Waals surface area contributed by atoms with Crippen molar-refractivity contribution in [3.05, 3.63) is 47.9 Å². The molecule has 0 aromatic carbocycles. The highest BCUT2D eigenvalue weighted by Gasteiger charge is 2.39. The van der Waals surface area contributed by atoms with Crippen LogP contribution in [-0.2, 0) is 11.3 Å². The molecule has 0 unspecified atom stereocenters. The second-order valence-electron chi connectivity index (χ2n) is 7.64. The Morgan fingerprint density at radius 2 is 2.08 bits per heavy atom. The monoisotopic (exact) mass is 353 g/mol. The third-order valence-electron chi connectivity index (χ3n) is 5.40. The molecule has 1 spiro atoms. The van der Waals surface area contributed by atoms with Crippen LogP contribution < -0.4 is 4.90 Å². The molecule has 6 nitrogen and oxygen atoms in total. The van der Waals surface area contributed by atoms with Crippen LogP contribution in [0.5, 0.6) is 0 Å². The third-order valence-corrected chi connectivity index (χ3v) is 5.40. The molecule has 2 aliphatic rings. The van der Waals surface area contributed by atoms with E-state index in [1.54, 1.807) is 0 Å². The van der Waals surface area contributed by atoms with Crippen molar-refractivity contribution in [1.82, 2.24) is 20.1 Å². The molecular weight excluding hydrogens is 326 g/mol. The van der Waals surface area contributed by atoms with E-state index in [9.17, 15) is 0 Å². The highest BCUT2D eigenvalue weighted by Crippen LogP contribution is 2.34. The van der Waals surface area contributed by atoms with E-state index in [1.807, 2.05) is 25.3 Å². The number of hydrogen-bond acceptors (Lipinski definition) is 6. The predicted octanol–water partition coefficient (Wildman–Crippen LogP) is 2.30. The minimum Gasteiger partial charge on any atom is -0.379 e. The normalized spacial score (nSPS) is 24.6. The summed E-state index contributed by atoms with van der Waals surface area (Å²) < 4.78 is 6.03. The Labute approximate surface area is 155 Å².